The normalized spacial score (nSPS) is 22.1. The second-order valence-corrected chi connectivity index (χ2v) is 3.69. The van der Waals surface area contributed by atoms with Crippen LogP contribution in [0.15, 0.2) is 24.3 Å². The van der Waals surface area contributed by atoms with E-state index in [4.69, 9.17) is 0 Å². The molecule has 1 saturated heterocycles. The predicted molar refractivity (Wildman–Crippen MR) is 51.1 cm³/mol. The lowest BCUT2D eigenvalue weighted by molar-refractivity contribution is 0.577. The average Bonchev–Trinajstić information content (AvgIpc) is 2.62. The number of nitrogens with one attached hydrogen (secondary N) is 1. The minimum absolute atomic E-state index is 0.145. The van der Waals surface area contributed by atoms with E-state index in [9.17, 15) is 4.39 Å². The van der Waals surface area contributed by atoms with Crippen LogP contribution in [0.4, 0.5) is 4.39 Å². The van der Waals surface area contributed by atoms with Crippen molar-refractivity contribution in [2.24, 2.45) is 5.92 Å². The van der Waals surface area contributed by atoms with Gasteiger partial charge in [-0.15, -0.1) is 0 Å². The Morgan fingerprint density at radius 2 is 2.08 bits per heavy atom. The van der Waals surface area contributed by atoms with E-state index in [1.54, 1.807) is 0 Å². The van der Waals surface area contributed by atoms with Gasteiger partial charge in [-0.1, -0.05) is 12.1 Å². The van der Waals surface area contributed by atoms with E-state index in [2.05, 4.69) is 5.32 Å². The van der Waals surface area contributed by atoms with Crippen molar-refractivity contribution in [1.82, 2.24) is 5.32 Å². The van der Waals surface area contributed by atoms with E-state index in [-0.39, 0.29) is 5.82 Å². The number of hydrogen-bond acceptors (Lipinski definition) is 1. The maximum atomic E-state index is 12.6. The van der Waals surface area contributed by atoms with Crippen LogP contribution in [-0.2, 0) is 6.42 Å². The second-order valence-electron chi connectivity index (χ2n) is 3.69. The molecule has 0 aromatic heterocycles. The van der Waals surface area contributed by atoms with Crippen molar-refractivity contribution in [3.63, 3.8) is 0 Å². The first-order valence-electron chi connectivity index (χ1n) is 4.80. The summed E-state index contributed by atoms with van der Waals surface area (Å²) in [5.41, 5.74) is 1.25. The molecule has 0 amide bonds. The van der Waals surface area contributed by atoms with Gasteiger partial charge in [0.25, 0.3) is 0 Å². The van der Waals surface area contributed by atoms with Crippen molar-refractivity contribution < 1.29 is 4.39 Å². The fraction of sp³-hybridized carbons (Fsp3) is 0.455. The Morgan fingerprint density at radius 3 is 2.69 bits per heavy atom. The number of hydrogen-bond donors (Lipinski definition) is 1. The topological polar surface area (TPSA) is 12.0 Å². The highest BCUT2D eigenvalue weighted by molar-refractivity contribution is 5.16. The minimum Gasteiger partial charge on any atom is -0.316 e. The highest BCUT2D eigenvalue weighted by Gasteiger charge is 2.14. The van der Waals surface area contributed by atoms with E-state index in [0.29, 0.717) is 0 Å². The van der Waals surface area contributed by atoms with Crippen LogP contribution >= 0.6 is 0 Å². The summed E-state index contributed by atoms with van der Waals surface area (Å²) in [5.74, 6) is 0.596. The van der Waals surface area contributed by atoms with Gasteiger partial charge in [0.1, 0.15) is 5.82 Å². The van der Waals surface area contributed by atoms with Crippen LogP contribution in [0.3, 0.4) is 0 Å². The Labute approximate surface area is 78.0 Å². The molecule has 1 aromatic rings. The quantitative estimate of drug-likeness (QED) is 0.732. The van der Waals surface area contributed by atoms with Crippen LogP contribution in [0.25, 0.3) is 0 Å². The van der Waals surface area contributed by atoms with Gasteiger partial charge in [0.15, 0.2) is 0 Å². The van der Waals surface area contributed by atoms with Crippen molar-refractivity contribution >= 4 is 0 Å². The van der Waals surface area contributed by atoms with Gasteiger partial charge < -0.3 is 5.32 Å². The molecule has 1 aromatic carbocycles. The smallest absolute Gasteiger partial charge is 0.123 e. The molecule has 1 atom stereocenters. The van der Waals surface area contributed by atoms with Crippen LogP contribution in [0.2, 0.25) is 0 Å². The summed E-state index contributed by atoms with van der Waals surface area (Å²) in [6, 6.07) is 6.84. The van der Waals surface area contributed by atoms with Crippen molar-refractivity contribution in [3.8, 4) is 0 Å². The molecule has 1 aliphatic rings. The summed E-state index contributed by atoms with van der Waals surface area (Å²) in [4.78, 5) is 0. The summed E-state index contributed by atoms with van der Waals surface area (Å²) in [7, 11) is 0. The third-order valence-corrected chi connectivity index (χ3v) is 2.60. The van der Waals surface area contributed by atoms with Gasteiger partial charge in [-0.3, -0.25) is 0 Å². The Bertz CT molecular complexity index is 262. The first-order valence-corrected chi connectivity index (χ1v) is 4.80. The lowest BCUT2D eigenvalue weighted by Crippen LogP contribution is -2.10. The van der Waals surface area contributed by atoms with Crippen LogP contribution in [0.5, 0.6) is 0 Å². The monoisotopic (exact) mass is 179 g/mol. The number of halogens is 1. The Balaban J connectivity index is 1.97. The summed E-state index contributed by atoms with van der Waals surface area (Å²) >= 11 is 0. The molecule has 0 bridgehead atoms. The van der Waals surface area contributed by atoms with Gasteiger partial charge in [-0.2, -0.15) is 0 Å². The van der Waals surface area contributed by atoms with E-state index < -0.39 is 0 Å². The van der Waals surface area contributed by atoms with E-state index in [0.717, 1.165) is 25.4 Å². The maximum absolute atomic E-state index is 12.6. The second kappa shape index (κ2) is 3.88. The van der Waals surface area contributed by atoms with Gasteiger partial charge in [0.2, 0.25) is 0 Å². The summed E-state index contributed by atoms with van der Waals surface area (Å²) < 4.78 is 12.6. The summed E-state index contributed by atoms with van der Waals surface area (Å²) in [6.45, 7) is 2.24. The zero-order valence-corrected chi connectivity index (χ0v) is 7.59. The van der Waals surface area contributed by atoms with Gasteiger partial charge in [-0.05, 0) is 49.5 Å². The molecule has 2 rings (SSSR count). The average molecular weight is 179 g/mol. The molecule has 0 saturated carbocycles. The molecule has 0 radical (unpaired) electrons. The fourth-order valence-corrected chi connectivity index (χ4v) is 1.84. The molecular formula is C11H14FN. The summed E-state index contributed by atoms with van der Waals surface area (Å²) in [5, 5.41) is 3.33. The van der Waals surface area contributed by atoms with Gasteiger partial charge >= 0.3 is 0 Å². The maximum Gasteiger partial charge on any atom is 0.123 e. The van der Waals surface area contributed by atoms with Crippen LogP contribution in [-0.4, -0.2) is 13.1 Å². The van der Waals surface area contributed by atoms with Gasteiger partial charge in [0, 0.05) is 0 Å². The van der Waals surface area contributed by atoms with Crippen LogP contribution in [0, 0.1) is 11.7 Å². The first kappa shape index (κ1) is 8.70. The molecule has 1 N–H and O–H groups in total. The Hall–Kier alpha value is -0.890. The number of rotatable bonds is 2. The zero-order chi connectivity index (χ0) is 9.10. The lowest BCUT2D eigenvalue weighted by atomic mass is 9.99. The van der Waals surface area contributed by atoms with Crippen molar-refractivity contribution in [2.45, 2.75) is 12.8 Å². The molecule has 0 aliphatic carbocycles. The molecule has 1 nitrogen and oxygen atoms in total. The van der Waals surface area contributed by atoms with Crippen LogP contribution < -0.4 is 5.32 Å². The zero-order valence-electron chi connectivity index (χ0n) is 7.59. The molecule has 2 heteroatoms. The molecule has 70 valence electrons. The first-order chi connectivity index (χ1) is 6.34. The number of benzene rings is 1. The molecule has 1 heterocycles. The van der Waals surface area contributed by atoms with Crippen molar-refractivity contribution in [1.29, 1.82) is 0 Å². The predicted octanol–water partition coefficient (Wildman–Crippen LogP) is 1.98. The Kier molecular flexibility index (Phi) is 2.60. The van der Waals surface area contributed by atoms with Crippen molar-refractivity contribution in [3.05, 3.63) is 35.6 Å². The fourth-order valence-electron chi connectivity index (χ4n) is 1.84. The SMILES string of the molecule is Fc1ccc(C[C@@H]2CCNC2)cc1. The van der Waals surface area contributed by atoms with E-state index in [1.165, 1.54) is 24.1 Å². The van der Waals surface area contributed by atoms with Crippen LogP contribution in [0.1, 0.15) is 12.0 Å². The third-order valence-electron chi connectivity index (χ3n) is 2.60. The molecule has 13 heavy (non-hydrogen) atoms. The minimum atomic E-state index is -0.145. The lowest BCUT2D eigenvalue weighted by Gasteiger charge is -2.07. The molecule has 0 unspecified atom stereocenters. The standard InChI is InChI=1S/C11H14FN/c12-11-3-1-9(2-4-11)7-10-5-6-13-8-10/h1-4,10,13H,5-8H2/t10-/m0/s1. The molecular weight excluding hydrogens is 165 g/mol. The largest absolute Gasteiger partial charge is 0.316 e. The molecule has 0 spiro atoms. The molecule has 1 fully saturated rings. The highest BCUT2D eigenvalue weighted by atomic mass is 19.1. The molecule has 1 aliphatic heterocycles. The highest BCUT2D eigenvalue weighted by Crippen LogP contribution is 2.15. The summed E-state index contributed by atoms with van der Waals surface area (Å²) in [6.07, 6.45) is 2.32. The van der Waals surface area contributed by atoms with Gasteiger partial charge in [-0.25, -0.2) is 4.39 Å². The third kappa shape index (κ3) is 2.28. The van der Waals surface area contributed by atoms with Gasteiger partial charge in [0.05, 0.1) is 0 Å². The van der Waals surface area contributed by atoms with Crippen molar-refractivity contribution in [2.75, 3.05) is 13.1 Å². The Morgan fingerprint density at radius 1 is 1.31 bits per heavy atom. The van der Waals surface area contributed by atoms with E-state index >= 15 is 0 Å². The van der Waals surface area contributed by atoms with E-state index in [1.807, 2.05) is 12.1 Å².